The number of aliphatic hydroxyl groups excluding tert-OH is 1. The van der Waals surface area contributed by atoms with Crippen molar-refractivity contribution in [2.45, 2.75) is 44.8 Å². The largest absolute Gasteiger partial charge is 0.506 e. The maximum absolute atomic E-state index is 11.5. The number of phenolic OH excluding ortho intramolecular Hbond substituents is 1. The molecular formula is C22H31N3O3. The van der Waals surface area contributed by atoms with E-state index < -0.39 is 6.10 Å². The number of aliphatic hydroxyl groups is 1. The summed E-state index contributed by atoms with van der Waals surface area (Å²) < 4.78 is 0. The lowest BCUT2D eigenvalue weighted by Crippen LogP contribution is -2.33. The summed E-state index contributed by atoms with van der Waals surface area (Å²) in [5, 5.41) is 25.0. The van der Waals surface area contributed by atoms with Gasteiger partial charge in [0, 0.05) is 37.1 Å². The van der Waals surface area contributed by atoms with E-state index in [-0.39, 0.29) is 11.3 Å². The molecular weight excluding hydrogens is 354 g/mol. The fourth-order valence-electron chi connectivity index (χ4n) is 5.07. The zero-order valence-corrected chi connectivity index (χ0v) is 16.5. The summed E-state index contributed by atoms with van der Waals surface area (Å²) >= 11 is 0. The first kappa shape index (κ1) is 19.4. The van der Waals surface area contributed by atoms with Gasteiger partial charge in [-0.2, -0.15) is 0 Å². The molecule has 2 aromatic rings. The smallest absolute Gasteiger partial charge is 0.248 e. The topological polar surface area (TPSA) is 88.6 Å². The average Bonchev–Trinajstić information content (AvgIpc) is 3.23. The summed E-state index contributed by atoms with van der Waals surface area (Å²) in [6.07, 6.45) is 4.23. The van der Waals surface area contributed by atoms with E-state index >= 15 is 0 Å². The zero-order valence-electron chi connectivity index (χ0n) is 16.5. The Morgan fingerprint density at radius 3 is 2.68 bits per heavy atom. The number of likely N-dealkylation sites (tertiary alicyclic amines) is 1. The van der Waals surface area contributed by atoms with Gasteiger partial charge in [0.2, 0.25) is 5.56 Å². The highest BCUT2D eigenvalue weighted by Crippen LogP contribution is 2.38. The van der Waals surface area contributed by atoms with E-state index in [0.717, 1.165) is 17.4 Å². The van der Waals surface area contributed by atoms with Crippen LogP contribution in [0.4, 0.5) is 0 Å². The number of H-pyrrole nitrogens is 1. The number of aromatic hydroxyl groups is 1. The fourth-order valence-corrected chi connectivity index (χ4v) is 5.07. The molecule has 1 saturated heterocycles. The Bertz CT molecular complexity index is 867. The molecule has 28 heavy (non-hydrogen) atoms. The van der Waals surface area contributed by atoms with Crippen molar-refractivity contribution in [1.82, 2.24) is 15.2 Å². The number of aromatic amines is 1. The van der Waals surface area contributed by atoms with Crippen LogP contribution in [-0.4, -0.2) is 52.3 Å². The lowest BCUT2D eigenvalue weighted by atomic mass is 10.0. The second-order valence-corrected chi connectivity index (χ2v) is 8.51. The molecule has 152 valence electrons. The Morgan fingerprint density at radius 2 is 1.96 bits per heavy atom. The van der Waals surface area contributed by atoms with Gasteiger partial charge in [-0.15, -0.1) is 0 Å². The molecule has 4 N–H and O–H groups in total. The minimum atomic E-state index is -0.685. The summed E-state index contributed by atoms with van der Waals surface area (Å²) in [6.45, 7) is 6.40. The minimum absolute atomic E-state index is 0.0212. The van der Waals surface area contributed by atoms with Crippen LogP contribution in [-0.2, 0) is 0 Å². The molecule has 2 heterocycles. The van der Waals surface area contributed by atoms with Gasteiger partial charge in [0.1, 0.15) is 5.75 Å². The predicted octanol–water partition coefficient (Wildman–Crippen LogP) is 2.37. The van der Waals surface area contributed by atoms with Crippen LogP contribution in [0.15, 0.2) is 29.1 Å². The number of nitrogens with zero attached hydrogens (tertiary/aromatic N) is 1. The number of aromatic nitrogens is 1. The van der Waals surface area contributed by atoms with Gasteiger partial charge in [-0.3, -0.25) is 4.79 Å². The van der Waals surface area contributed by atoms with Gasteiger partial charge in [0.15, 0.2) is 0 Å². The van der Waals surface area contributed by atoms with Crippen LogP contribution < -0.4 is 10.9 Å². The molecule has 1 aromatic heterocycles. The molecule has 1 aliphatic carbocycles. The SMILES string of the molecule is CCCCN1C[C@H]2C[C@H](NC[C@H](O)c3ccc(O)c4[nH]c(=O)ccc34)C[C@H]2C1. The zero-order chi connectivity index (χ0) is 19.7. The van der Waals surface area contributed by atoms with Crippen molar-refractivity contribution in [2.75, 3.05) is 26.2 Å². The van der Waals surface area contributed by atoms with Crippen LogP contribution in [0.5, 0.6) is 5.75 Å². The summed E-state index contributed by atoms with van der Waals surface area (Å²) in [5.41, 5.74) is 0.838. The lowest BCUT2D eigenvalue weighted by Gasteiger charge is -2.21. The van der Waals surface area contributed by atoms with Crippen molar-refractivity contribution in [3.63, 3.8) is 0 Å². The second kappa shape index (κ2) is 8.23. The maximum Gasteiger partial charge on any atom is 0.248 e. The highest BCUT2D eigenvalue weighted by atomic mass is 16.3. The third-order valence-corrected chi connectivity index (χ3v) is 6.52. The van der Waals surface area contributed by atoms with Crippen molar-refractivity contribution in [3.8, 4) is 5.75 Å². The van der Waals surface area contributed by atoms with Crippen molar-refractivity contribution < 1.29 is 10.2 Å². The minimum Gasteiger partial charge on any atom is -0.506 e. The third kappa shape index (κ3) is 3.95. The first-order valence-electron chi connectivity index (χ1n) is 10.5. The van der Waals surface area contributed by atoms with E-state index in [1.54, 1.807) is 12.1 Å². The molecule has 1 aromatic carbocycles. The molecule has 4 atom stereocenters. The van der Waals surface area contributed by atoms with E-state index in [2.05, 4.69) is 22.1 Å². The van der Waals surface area contributed by atoms with Gasteiger partial charge in [-0.25, -0.2) is 0 Å². The molecule has 0 bridgehead atoms. The fraction of sp³-hybridized carbons (Fsp3) is 0.591. The van der Waals surface area contributed by atoms with Crippen LogP contribution in [0.25, 0.3) is 10.9 Å². The number of phenols is 1. The number of hydrogen-bond acceptors (Lipinski definition) is 5. The highest BCUT2D eigenvalue weighted by molar-refractivity contribution is 5.87. The molecule has 1 aliphatic heterocycles. The molecule has 6 nitrogen and oxygen atoms in total. The Morgan fingerprint density at radius 1 is 1.21 bits per heavy atom. The first-order valence-corrected chi connectivity index (χ1v) is 10.5. The number of rotatable bonds is 7. The first-order chi connectivity index (χ1) is 13.5. The summed E-state index contributed by atoms with van der Waals surface area (Å²) in [5.74, 6) is 1.59. The van der Waals surface area contributed by atoms with Gasteiger partial charge in [-0.05, 0) is 55.3 Å². The van der Waals surface area contributed by atoms with Crippen LogP contribution >= 0.6 is 0 Å². The number of fused-ring (bicyclic) bond motifs is 2. The van der Waals surface area contributed by atoms with Gasteiger partial charge in [0.05, 0.1) is 11.6 Å². The van der Waals surface area contributed by atoms with Gasteiger partial charge >= 0.3 is 0 Å². The van der Waals surface area contributed by atoms with Crippen molar-refractivity contribution >= 4 is 10.9 Å². The third-order valence-electron chi connectivity index (χ3n) is 6.52. The monoisotopic (exact) mass is 385 g/mol. The average molecular weight is 386 g/mol. The Balaban J connectivity index is 1.35. The predicted molar refractivity (Wildman–Crippen MR) is 111 cm³/mol. The van der Waals surface area contributed by atoms with E-state index in [9.17, 15) is 15.0 Å². The van der Waals surface area contributed by atoms with E-state index in [1.165, 1.54) is 57.5 Å². The molecule has 2 aliphatic rings. The molecule has 0 radical (unpaired) electrons. The Hall–Kier alpha value is -1.89. The molecule has 0 spiro atoms. The normalized spacial score (nSPS) is 26.0. The maximum atomic E-state index is 11.5. The summed E-state index contributed by atoms with van der Waals surface area (Å²) in [4.78, 5) is 16.8. The van der Waals surface area contributed by atoms with Crippen LogP contribution in [0, 0.1) is 11.8 Å². The van der Waals surface area contributed by atoms with E-state index in [4.69, 9.17) is 0 Å². The number of nitrogens with one attached hydrogen (secondary N) is 2. The van der Waals surface area contributed by atoms with E-state index in [0.29, 0.717) is 23.5 Å². The molecule has 0 unspecified atom stereocenters. The van der Waals surface area contributed by atoms with Crippen molar-refractivity contribution in [3.05, 3.63) is 40.2 Å². The van der Waals surface area contributed by atoms with E-state index in [1.807, 2.05) is 0 Å². The van der Waals surface area contributed by atoms with Gasteiger partial charge in [0.25, 0.3) is 0 Å². The summed E-state index contributed by atoms with van der Waals surface area (Å²) in [6, 6.07) is 6.81. The van der Waals surface area contributed by atoms with Crippen LogP contribution in [0.3, 0.4) is 0 Å². The number of hydrogen-bond donors (Lipinski definition) is 4. The quantitative estimate of drug-likeness (QED) is 0.588. The van der Waals surface area contributed by atoms with Crippen LogP contribution in [0.1, 0.15) is 44.3 Å². The molecule has 0 amide bonds. The van der Waals surface area contributed by atoms with Crippen LogP contribution in [0.2, 0.25) is 0 Å². The number of benzene rings is 1. The molecule has 2 fully saturated rings. The second-order valence-electron chi connectivity index (χ2n) is 8.51. The van der Waals surface area contributed by atoms with Crippen molar-refractivity contribution in [2.24, 2.45) is 11.8 Å². The van der Waals surface area contributed by atoms with Crippen molar-refractivity contribution in [1.29, 1.82) is 0 Å². The standard InChI is InChI=1S/C22H31N3O3/c1-2-3-8-25-12-14-9-16(10-15(14)13-25)23-11-20(27)17-4-6-19(26)22-18(17)5-7-21(28)24-22/h4-7,14-16,20,23,26-27H,2-3,8-13H2,1H3,(H,24,28)/t14-,15+,16+,20-/m0/s1. The molecule has 4 rings (SSSR count). The highest BCUT2D eigenvalue weighted by Gasteiger charge is 2.40. The lowest BCUT2D eigenvalue weighted by molar-refractivity contribution is 0.170. The number of unbranched alkanes of at least 4 members (excludes halogenated alkanes) is 1. The Kier molecular flexibility index (Phi) is 5.71. The van der Waals surface area contributed by atoms with Gasteiger partial charge < -0.3 is 25.4 Å². The van der Waals surface area contributed by atoms with Gasteiger partial charge in [-0.1, -0.05) is 19.4 Å². The molecule has 1 saturated carbocycles. The summed E-state index contributed by atoms with van der Waals surface area (Å²) in [7, 11) is 0. The Labute approximate surface area is 165 Å². The molecule has 6 heteroatoms. The number of pyridine rings is 1.